The molecule has 0 N–H and O–H groups in total. The highest BCUT2D eigenvalue weighted by Gasteiger charge is 2.51. The normalized spacial score (nSPS) is 22.9. The summed E-state index contributed by atoms with van der Waals surface area (Å²) in [6, 6.07) is 1.87. The molecule has 0 amide bonds. The van der Waals surface area contributed by atoms with Crippen LogP contribution in [0.4, 0.5) is 0 Å². The zero-order valence-corrected chi connectivity index (χ0v) is 7.42. The molecule has 1 spiro atoms. The fourth-order valence-electron chi connectivity index (χ4n) is 2.25. The molecule has 1 saturated carbocycles. The van der Waals surface area contributed by atoms with Crippen molar-refractivity contribution in [2.45, 2.75) is 25.7 Å². The first-order valence-corrected chi connectivity index (χ1v) is 4.80. The van der Waals surface area contributed by atoms with Crippen molar-refractivity contribution < 1.29 is 4.79 Å². The summed E-state index contributed by atoms with van der Waals surface area (Å²) in [6.45, 7) is 0. The fourth-order valence-corrected chi connectivity index (χ4v) is 2.25. The van der Waals surface area contributed by atoms with Gasteiger partial charge in [-0.1, -0.05) is 0 Å². The lowest BCUT2D eigenvalue weighted by Crippen LogP contribution is -2.23. The summed E-state index contributed by atoms with van der Waals surface area (Å²) in [5, 5.41) is 0. The lowest BCUT2D eigenvalue weighted by atomic mass is 9.81. The summed E-state index contributed by atoms with van der Waals surface area (Å²) in [5.41, 5.74) is 2.14. The van der Waals surface area contributed by atoms with E-state index in [1.165, 1.54) is 0 Å². The van der Waals surface area contributed by atoms with Crippen LogP contribution in [0.1, 0.15) is 35.2 Å². The second-order valence-electron chi connectivity index (χ2n) is 4.14. The Morgan fingerprint density at radius 3 is 2.92 bits per heavy atom. The van der Waals surface area contributed by atoms with Crippen molar-refractivity contribution in [3.05, 3.63) is 29.6 Å². The number of nitrogens with zero attached hydrogens (tertiary/aromatic N) is 1. The van der Waals surface area contributed by atoms with Gasteiger partial charge in [0.05, 0.1) is 0 Å². The Kier molecular flexibility index (Phi) is 1.22. The average Bonchev–Trinajstić information content (AvgIpc) is 2.94. The molecule has 0 saturated heterocycles. The van der Waals surface area contributed by atoms with Crippen molar-refractivity contribution in [3.8, 4) is 0 Å². The lowest BCUT2D eigenvalue weighted by Gasteiger charge is -2.21. The highest BCUT2D eigenvalue weighted by molar-refractivity contribution is 6.04. The predicted octanol–water partition coefficient (Wildman–Crippen LogP) is 1.99. The topological polar surface area (TPSA) is 30.0 Å². The van der Waals surface area contributed by atoms with Gasteiger partial charge in [-0.15, -0.1) is 0 Å². The number of fused-ring (bicyclic) bond motifs is 1. The minimum Gasteiger partial charge on any atom is -0.294 e. The molecule has 2 nitrogen and oxygen atoms in total. The number of hydrogen-bond acceptors (Lipinski definition) is 2. The number of aryl methyl sites for hydroxylation is 1. The lowest BCUT2D eigenvalue weighted by molar-refractivity contribution is 0.0880. The first-order valence-electron chi connectivity index (χ1n) is 4.80. The van der Waals surface area contributed by atoms with Crippen LogP contribution in [-0.2, 0) is 6.42 Å². The van der Waals surface area contributed by atoms with Crippen LogP contribution in [0, 0.1) is 5.41 Å². The monoisotopic (exact) mass is 173 g/mol. The van der Waals surface area contributed by atoms with E-state index in [0.29, 0.717) is 5.78 Å². The number of pyridine rings is 1. The first-order chi connectivity index (χ1) is 6.32. The molecule has 1 fully saturated rings. The first kappa shape index (κ1) is 7.25. The van der Waals surface area contributed by atoms with E-state index in [4.69, 9.17) is 0 Å². The van der Waals surface area contributed by atoms with Crippen LogP contribution in [-0.4, -0.2) is 10.8 Å². The molecule has 2 aliphatic rings. The van der Waals surface area contributed by atoms with Crippen LogP contribution in [0.2, 0.25) is 0 Å². The van der Waals surface area contributed by atoms with Gasteiger partial charge in [0.2, 0.25) is 0 Å². The summed E-state index contributed by atoms with van der Waals surface area (Å²) in [5.74, 6) is 0.371. The number of carbonyl (C=O) groups is 1. The van der Waals surface area contributed by atoms with E-state index in [9.17, 15) is 4.79 Å². The van der Waals surface area contributed by atoms with Gasteiger partial charge in [0.25, 0.3) is 0 Å². The molecule has 1 heterocycles. The summed E-state index contributed by atoms with van der Waals surface area (Å²) < 4.78 is 0. The minimum absolute atomic E-state index is 0.0638. The van der Waals surface area contributed by atoms with Gasteiger partial charge in [0.1, 0.15) is 0 Å². The van der Waals surface area contributed by atoms with Crippen LogP contribution < -0.4 is 0 Å². The van der Waals surface area contributed by atoms with E-state index in [-0.39, 0.29) is 5.41 Å². The molecule has 0 unspecified atom stereocenters. The van der Waals surface area contributed by atoms with Crippen LogP contribution >= 0.6 is 0 Å². The van der Waals surface area contributed by atoms with Crippen molar-refractivity contribution in [2.75, 3.05) is 0 Å². The van der Waals surface area contributed by atoms with Gasteiger partial charge in [-0.3, -0.25) is 9.78 Å². The quantitative estimate of drug-likeness (QED) is 0.600. The molecule has 0 atom stereocenters. The molecule has 1 aromatic rings. The van der Waals surface area contributed by atoms with Gasteiger partial charge in [0.15, 0.2) is 5.78 Å². The van der Waals surface area contributed by atoms with Crippen molar-refractivity contribution in [2.24, 2.45) is 5.41 Å². The summed E-state index contributed by atoms with van der Waals surface area (Å²) >= 11 is 0. The Hall–Kier alpha value is -1.18. The van der Waals surface area contributed by atoms with Crippen molar-refractivity contribution in [1.29, 1.82) is 0 Å². The third-order valence-corrected chi connectivity index (χ3v) is 3.36. The van der Waals surface area contributed by atoms with E-state index in [1.54, 1.807) is 6.20 Å². The van der Waals surface area contributed by atoms with E-state index in [2.05, 4.69) is 4.98 Å². The molecule has 0 aliphatic heterocycles. The van der Waals surface area contributed by atoms with Gasteiger partial charge < -0.3 is 0 Å². The highest BCUT2D eigenvalue weighted by atomic mass is 16.1. The minimum atomic E-state index is 0.0638. The second kappa shape index (κ2) is 2.19. The third kappa shape index (κ3) is 0.886. The number of aromatic nitrogens is 1. The Morgan fingerprint density at radius 1 is 1.31 bits per heavy atom. The number of rotatable bonds is 0. The maximum Gasteiger partial charge on any atom is 0.169 e. The number of hydrogen-bond donors (Lipinski definition) is 0. The Bertz CT molecular complexity index is 379. The molecule has 1 aromatic heterocycles. The standard InChI is InChI=1S/C11H11NO/c13-10-9-2-6-12-7-8(9)1-3-11(10)4-5-11/h2,6-7H,1,3-5H2. The van der Waals surface area contributed by atoms with Crippen LogP contribution in [0.5, 0.6) is 0 Å². The molecule has 0 radical (unpaired) electrons. The SMILES string of the molecule is O=C1c2ccncc2CCC12CC2. The largest absolute Gasteiger partial charge is 0.294 e. The summed E-state index contributed by atoms with van der Waals surface area (Å²) in [6.07, 6.45) is 7.85. The summed E-state index contributed by atoms with van der Waals surface area (Å²) in [4.78, 5) is 16.0. The Labute approximate surface area is 77.0 Å². The Balaban J connectivity index is 2.13. The molecule has 0 bridgehead atoms. The molecule has 2 heteroatoms. The third-order valence-electron chi connectivity index (χ3n) is 3.36. The summed E-state index contributed by atoms with van der Waals surface area (Å²) in [7, 11) is 0. The smallest absolute Gasteiger partial charge is 0.169 e. The maximum absolute atomic E-state index is 12.0. The average molecular weight is 173 g/mol. The second-order valence-corrected chi connectivity index (χ2v) is 4.14. The number of ketones is 1. The van der Waals surface area contributed by atoms with E-state index >= 15 is 0 Å². The molecule has 0 aromatic carbocycles. The molecule has 13 heavy (non-hydrogen) atoms. The highest BCUT2D eigenvalue weighted by Crippen LogP contribution is 2.54. The van der Waals surface area contributed by atoms with Crippen molar-refractivity contribution in [3.63, 3.8) is 0 Å². The molecule has 66 valence electrons. The van der Waals surface area contributed by atoms with E-state index in [0.717, 1.165) is 36.8 Å². The fraction of sp³-hybridized carbons (Fsp3) is 0.455. The van der Waals surface area contributed by atoms with Crippen LogP contribution in [0.25, 0.3) is 0 Å². The molecule has 2 aliphatic carbocycles. The Morgan fingerprint density at radius 2 is 2.15 bits per heavy atom. The maximum atomic E-state index is 12.0. The van der Waals surface area contributed by atoms with Crippen LogP contribution in [0.3, 0.4) is 0 Å². The van der Waals surface area contributed by atoms with Crippen molar-refractivity contribution >= 4 is 5.78 Å². The van der Waals surface area contributed by atoms with Gasteiger partial charge in [-0.05, 0) is 37.3 Å². The zero-order valence-electron chi connectivity index (χ0n) is 7.42. The number of carbonyl (C=O) groups excluding carboxylic acids is 1. The van der Waals surface area contributed by atoms with E-state index in [1.807, 2.05) is 12.3 Å². The van der Waals surface area contributed by atoms with Gasteiger partial charge in [0, 0.05) is 23.4 Å². The zero-order chi connectivity index (χ0) is 8.89. The van der Waals surface area contributed by atoms with Gasteiger partial charge in [-0.25, -0.2) is 0 Å². The van der Waals surface area contributed by atoms with Gasteiger partial charge >= 0.3 is 0 Å². The predicted molar refractivity (Wildman–Crippen MR) is 48.6 cm³/mol. The molecular formula is C11H11NO. The van der Waals surface area contributed by atoms with Gasteiger partial charge in [-0.2, -0.15) is 0 Å². The van der Waals surface area contributed by atoms with Crippen molar-refractivity contribution in [1.82, 2.24) is 4.98 Å². The number of Topliss-reactive ketones (excluding diaryl/α,β-unsaturated/α-hetero) is 1. The van der Waals surface area contributed by atoms with Crippen LogP contribution in [0.15, 0.2) is 18.5 Å². The molecular weight excluding hydrogens is 162 g/mol. The van der Waals surface area contributed by atoms with E-state index < -0.39 is 0 Å². The molecule has 3 rings (SSSR count).